The lowest BCUT2D eigenvalue weighted by molar-refractivity contribution is -0.117. The van der Waals surface area contributed by atoms with Crippen molar-refractivity contribution >= 4 is 35.8 Å². The summed E-state index contributed by atoms with van der Waals surface area (Å²) in [6, 6.07) is 13.8. The van der Waals surface area contributed by atoms with E-state index in [1.807, 2.05) is 30.3 Å². The molecule has 1 amide bonds. The van der Waals surface area contributed by atoms with Crippen LogP contribution in [0.2, 0.25) is 0 Å². The number of Topliss-reactive ketones (excluding diaryl/α,β-unsaturated/α-hetero) is 1. The lowest BCUT2D eigenvalue weighted by Crippen LogP contribution is -2.46. The van der Waals surface area contributed by atoms with E-state index in [0.717, 1.165) is 61.5 Å². The summed E-state index contributed by atoms with van der Waals surface area (Å²) in [4.78, 5) is 30.0. The van der Waals surface area contributed by atoms with Gasteiger partial charge in [0.25, 0.3) is 0 Å². The number of amides is 1. The molecule has 1 unspecified atom stereocenters. The van der Waals surface area contributed by atoms with Crippen molar-refractivity contribution < 1.29 is 28.7 Å². The topological polar surface area (TPSA) is 91.8 Å². The minimum Gasteiger partial charge on any atom is -0.494 e. The molecule has 37 heavy (non-hydrogen) atoms. The van der Waals surface area contributed by atoms with Crippen molar-refractivity contribution in [2.24, 2.45) is 0 Å². The Labute approximate surface area is 218 Å². The third kappa shape index (κ3) is 6.09. The normalized spacial score (nSPS) is 19.8. The number of cyclic esters (lactones) is 1. The minimum atomic E-state index is -0.896. The summed E-state index contributed by atoms with van der Waals surface area (Å²) < 4.78 is 16.7. The lowest BCUT2D eigenvalue weighted by Gasteiger charge is -2.36. The van der Waals surface area contributed by atoms with Gasteiger partial charge in [0, 0.05) is 56.0 Å². The molecule has 1 N–H and O–H groups in total. The van der Waals surface area contributed by atoms with Crippen molar-refractivity contribution in [1.29, 1.82) is 0 Å². The molecule has 0 bridgehead atoms. The third-order valence-corrected chi connectivity index (χ3v) is 7.27. The van der Waals surface area contributed by atoms with Crippen LogP contribution >= 0.6 is 0 Å². The van der Waals surface area contributed by atoms with Crippen LogP contribution in [-0.2, 0) is 20.8 Å². The first kappa shape index (κ1) is 25.6. The fraction of sp³-hybridized carbons (Fsp3) is 0.481. The van der Waals surface area contributed by atoms with Crippen LogP contribution in [0.5, 0.6) is 5.75 Å². The fourth-order valence-electron chi connectivity index (χ4n) is 5.16. The standard InChI is InChI=1S/C27H34BN3O6/c1-20(32)6-11-24-18-31(27(33)37-24)23-9-7-22(8-10-23)30-15-13-29(14-16-30)12-3-17-35-25-5-2-4-21-19-36-28(34)26(21)25/h2,4-5,7-10,24,34H,3,6,11-19H2,1H3. The molecule has 10 heteroatoms. The van der Waals surface area contributed by atoms with E-state index in [9.17, 15) is 14.6 Å². The number of nitrogens with zero attached hydrogens (tertiary/aromatic N) is 3. The SMILES string of the molecule is CC(=O)CCC1CN(c2ccc(N3CCN(CCCOc4cccc5c4B(O)OC5)CC3)cc2)C(=O)O1. The summed E-state index contributed by atoms with van der Waals surface area (Å²) in [5, 5.41) is 10.0. The second-order valence-corrected chi connectivity index (χ2v) is 9.90. The zero-order valence-corrected chi connectivity index (χ0v) is 21.3. The van der Waals surface area contributed by atoms with Crippen LogP contribution in [0.15, 0.2) is 42.5 Å². The lowest BCUT2D eigenvalue weighted by atomic mass is 9.79. The van der Waals surface area contributed by atoms with Crippen molar-refractivity contribution in [1.82, 2.24) is 4.90 Å². The smallest absolute Gasteiger partial charge is 0.494 e. The molecule has 2 aromatic carbocycles. The molecule has 0 aromatic heterocycles. The number of carbonyl (C=O) groups is 2. The van der Waals surface area contributed by atoms with Crippen LogP contribution in [0, 0.1) is 0 Å². The van der Waals surface area contributed by atoms with E-state index in [4.69, 9.17) is 14.1 Å². The Morgan fingerprint density at radius 1 is 1.11 bits per heavy atom. The number of hydrogen-bond donors (Lipinski definition) is 1. The molecule has 0 aliphatic carbocycles. The molecule has 2 aromatic rings. The maximum atomic E-state index is 12.3. The van der Waals surface area contributed by atoms with Gasteiger partial charge in [-0.3, -0.25) is 9.80 Å². The number of hydrogen-bond acceptors (Lipinski definition) is 8. The van der Waals surface area contributed by atoms with Gasteiger partial charge >= 0.3 is 13.2 Å². The summed E-state index contributed by atoms with van der Waals surface area (Å²) in [6.07, 6.45) is 1.33. The number of piperazine rings is 1. The quantitative estimate of drug-likeness (QED) is 0.387. The van der Waals surface area contributed by atoms with Crippen LogP contribution in [0.25, 0.3) is 0 Å². The summed E-state index contributed by atoms with van der Waals surface area (Å²) in [7, 11) is -0.896. The van der Waals surface area contributed by atoms with Crippen molar-refractivity contribution in [3.63, 3.8) is 0 Å². The van der Waals surface area contributed by atoms with Gasteiger partial charge in [0.15, 0.2) is 0 Å². The second-order valence-electron chi connectivity index (χ2n) is 9.90. The molecule has 2 saturated heterocycles. The van der Waals surface area contributed by atoms with E-state index in [1.54, 1.807) is 11.8 Å². The first-order valence-electron chi connectivity index (χ1n) is 13.1. The zero-order chi connectivity index (χ0) is 25.8. The Hall–Kier alpha value is -3.08. The van der Waals surface area contributed by atoms with Gasteiger partial charge in [-0.15, -0.1) is 0 Å². The maximum absolute atomic E-state index is 12.3. The van der Waals surface area contributed by atoms with E-state index >= 15 is 0 Å². The van der Waals surface area contributed by atoms with Crippen molar-refractivity contribution in [3.8, 4) is 5.75 Å². The van der Waals surface area contributed by atoms with Crippen LogP contribution in [0.4, 0.5) is 16.2 Å². The van der Waals surface area contributed by atoms with Gasteiger partial charge in [-0.1, -0.05) is 12.1 Å². The molecule has 2 fully saturated rings. The summed E-state index contributed by atoms with van der Waals surface area (Å²) in [5.74, 6) is 0.822. The van der Waals surface area contributed by atoms with Gasteiger partial charge in [0.2, 0.25) is 0 Å². The maximum Gasteiger partial charge on any atom is 0.495 e. The van der Waals surface area contributed by atoms with E-state index in [2.05, 4.69) is 21.9 Å². The Morgan fingerprint density at radius 2 is 1.86 bits per heavy atom. The number of rotatable bonds is 10. The van der Waals surface area contributed by atoms with Gasteiger partial charge in [-0.05, 0) is 55.7 Å². The summed E-state index contributed by atoms with van der Waals surface area (Å²) in [5.41, 5.74) is 3.71. The highest BCUT2D eigenvalue weighted by Gasteiger charge is 2.33. The molecule has 0 spiro atoms. The number of fused-ring (bicyclic) bond motifs is 1. The van der Waals surface area contributed by atoms with Crippen molar-refractivity contribution in [2.45, 2.75) is 38.9 Å². The van der Waals surface area contributed by atoms with Crippen LogP contribution < -0.4 is 20.0 Å². The molecular weight excluding hydrogens is 473 g/mol. The average Bonchev–Trinajstić information content (AvgIpc) is 3.48. The van der Waals surface area contributed by atoms with Crippen LogP contribution in [-0.4, -0.2) is 80.9 Å². The van der Waals surface area contributed by atoms with Gasteiger partial charge in [0.1, 0.15) is 17.6 Å². The molecule has 5 rings (SSSR count). The van der Waals surface area contributed by atoms with Gasteiger partial charge in [-0.25, -0.2) is 4.79 Å². The van der Waals surface area contributed by atoms with E-state index in [-0.39, 0.29) is 18.0 Å². The number of carbonyl (C=O) groups excluding carboxylic acids is 2. The first-order chi connectivity index (χ1) is 18.0. The summed E-state index contributed by atoms with van der Waals surface area (Å²) in [6.45, 7) is 7.85. The molecule has 9 nitrogen and oxygen atoms in total. The molecule has 3 aliphatic rings. The number of anilines is 2. The highest BCUT2D eigenvalue weighted by Crippen LogP contribution is 2.27. The molecule has 196 valence electrons. The Kier molecular flexibility index (Phi) is 7.97. The third-order valence-electron chi connectivity index (χ3n) is 7.27. The molecule has 3 heterocycles. The molecule has 1 atom stereocenters. The van der Waals surface area contributed by atoms with Gasteiger partial charge < -0.3 is 28.8 Å². The Morgan fingerprint density at radius 3 is 2.62 bits per heavy atom. The largest absolute Gasteiger partial charge is 0.495 e. The monoisotopic (exact) mass is 507 g/mol. The van der Waals surface area contributed by atoms with Crippen LogP contribution in [0.3, 0.4) is 0 Å². The molecule has 0 radical (unpaired) electrons. The predicted molar refractivity (Wildman–Crippen MR) is 142 cm³/mol. The highest BCUT2D eigenvalue weighted by molar-refractivity contribution is 6.62. The van der Waals surface area contributed by atoms with Crippen molar-refractivity contribution in [2.75, 3.05) is 55.7 Å². The number of ketones is 1. The molecule has 3 aliphatic heterocycles. The average molecular weight is 507 g/mol. The Balaban J connectivity index is 1.04. The number of benzene rings is 2. The van der Waals surface area contributed by atoms with Crippen LogP contribution in [0.1, 0.15) is 31.7 Å². The predicted octanol–water partition coefficient (Wildman–Crippen LogP) is 2.19. The fourth-order valence-corrected chi connectivity index (χ4v) is 5.16. The first-order valence-corrected chi connectivity index (χ1v) is 13.1. The molecular formula is C27H34BN3O6. The van der Waals surface area contributed by atoms with Gasteiger partial charge in [-0.2, -0.15) is 0 Å². The minimum absolute atomic E-state index is 0.110. The van der Waals surface area contributed by atoms with E-state index < -0.39 is 7.12 Å². The van der Waals surface area contributed by atoms with Crippen molar-refractivity contribution in [3.05, 3.63) is 48.0 Å². The number of ether oxygens (including phenoxy) is 2. The second kappa shape index (κ2) is 11.5. The van der Waals surface area contributed by atoms with Gasteiger partial charge in [0.05, 0.1) is 19.8 Å². The zero-order valence-electron chi connectivity index (χ0n) is 21.3. The summed E-state index contributed by atoms with van der Waals surface area (Å²) >= 11 is 0. The highest BCUT2D eigenvalue weighted by atomic mass is 16.6. The Bertz CT molecular complexity index is 1110. The van der Waals surface area contributed by atoms with E-state index in [0.29, 0.717) is 38.3 Å². The molecule has 0 saturated carbocycles. The van der Waals surface area contributed by atoms with E-state index in [1.165, 1.54) is 0 Å².